The van der Waals surface area contributed by atoms with Crippen molar-refractivity contribution in [1.82, 2.24) is 19.2 Å². The van der Waals surface area contributed by atoms with E-state index in [1.54, 1.807) is 0 Å². The van der Waals surface area contributed by atoms with E-state index >= 15 is 0 Å². The fourth-order valence-corrected chi connectivity index (χ4v) is 4.59. The van der Waals surface area contributed by atoms with E-state index in [1.807, 2.05) is 4.90 Å². The second kappa shape index (κ2) is 8.62. The van der Waals surface area contributed by atoms with Crippen LogP contribution in [0.1, 0.15) is 46.0 Å². The molecule has 0 bridgehead atoms. The second-order valence-electron chi connectivity index (χ2n) is 6.27. The van der Waals surface area contributed by atoms with Gasteiger partial charge >= 0.3 is 0 Å². The van der Waals surface area contributed by atoms with Crippen molar-refractivity contribution in [1.29, 1.82) is 0 Å². The molecular weight excluding hydrogens is 328 g/mol. The summed E-state index contributed by atoms with van der Waals surface area (Å²) in [6, 6.07) is 0. The molecule has 1 saturated heterocycles. The lowest BCUT2D eigenvalue weighted by Gasteiger charge is -2.26. The minimum Gasteiger partial charge on any atom is -0.341 e. The normalized spacial score (nSPS) is 17.2. The maximum absolute atomic E-state index is 12.8. The Morgan fingerprint density at radius 3 is 2.50 bits per heavy atom. The molecule has 1 aliphatic rings. The standard InChI is InChI=1S/C16H28N4O3S/c1-3-6-14(7-4-2)16(21)19-8-5-9-20(11-10-19)24(22,23)15-12-17-13-18-15/h12-14H,3-11H2,1-2H3,(H,17,18). The average molecular weight is 356 g/mol. The molecule has 24 heavy (non-hydrogen) atoms. The van der Waals surface area contributed by atoms with Gasteiger partial charge in [-0.2, -0.15) is 4.31 Å². The summed E-state index contributed by atoms with van der Waals surface area (Å²) in [5.41, 5.74) is 0. The highest BCUT2D eigenvalue weighted by Gasteiger charge is 2.30. The fourth-order valence-electron chi connectivity index (χ4n) is 3.22. The molecule has 0 aromatic carbocycles. The minimum absolute atomic E-state index is 0.0655. The third-order valence-electron chi connectivity index (χ3n) is 4.48. The number of aromatic amines is 1. The summed E-state index contributed by atoms with van der Waals surface area (Å²) >= 11 is 0. The Morgan fingerprint density at radius 1 is 1.21 bits per heavy atom. The molecule has 1 aromatic rings. The van der Waals surface area contributed by atoms with Crippen molar-refractivity contribution in [2.24, 2.45) is 5.92 Å². The lowest BCUT2D eigenvalue weighted by Crippen LogP contribution is -2.40. The van der Waals surface area contributed by atoms with E-state index in [1.165, 1.54) is 16.8 Å². The number of sulfonamides is 1. The number of aromatic nitrogens is 2. The van der Waals surface area contributed by atoms with Crippen LogP contribution in [0.5, 0.6) is 0 Å². The largest absolute Gasteiger partial charge is 0.341 e. The van der Waals surface area contributed by atoms with Crippen LogP contribution in [0.3, 0.4) is 0 Å². The van der Waals surface area contributed by atoms with E-state index in [-0.39, 0.29) is 16.9 Å². The summed E-state index contributed by atoms with van der Waals surface area (Å²) in [4.78, 5) is 21.1. The number of rotatable bonds is 7. The molecule has 136 valence electrons. The van der Waals surface area contributed by atoms with Crippen molar-refractivity contribution in [3.8, 4) is 0 Å². The summed E-state index contributed by atoms with van der Waals surface area (Å²) in [6.07, 6.45) is 7.13. The zero-order valence-corrected chi connectivity index (χ0v) is 15.4. The summed E-state index contributed by atoms with van der Waals surface area (Å²) in [7, 11) is -3.55. The van der Waals surface area contributed by atoms with Gasteiger partial charge in [0.25, 0.3) is 10.0 Å². The van der Waals surface area contributed by atoms with E-state index in [0.717, 1.165) is 25.7 Å². The lowest BCUT2D eigenvalue weighted by molar-refractivity contribution is -0.135. The highest BCUT2D eigenvalue weighted by Crippen LogP contribution is 2.20. The SMILES string of the molecule is CCCC(CCC)C(=O)N1CCCN(S(=O)(=O)c2cnc[nH]2)CC1. The number of hydrogen-bond donors (Lipinski definition) is 1. The van der Waals surface area contributed by atoms with Crippen LogP contribution < -0.4 is 0 Å². The van der Waals surface area contributed by atoms with Gasteiger partial charge in [0.05, 0.1) is 12.5 Å². The molecule has 0 atom stereocenters. The van der Waals surface area contributed by atoms with E-state index in [2.05, 4.69) is 23.8 Å². The maximum Gasteiger partial charge on any atom is 0.260 e. The molecule has 1 fully saturated rings. The van der Waals surface area contributed by atoms with E-state index in [4.69, 9.17) is 0 Å². The molecule has 2 heterocycles. The molecule has 1 N–H and O–H groups in total. The summed E-state index contributed by atoms with van der Waals surface area (Å²) in [5.74, 6) is 0.246. The van der Waals surface area contributed by atoms with Gasteiger partial charge in [0.1, 0.15) is 0 Å². The first-order valence-corrected chi connectivity index (χ1v) is 10.2. The first kappa shape index (κ1) is 18.9. The van der Waals surface area contributed by atoms with Gasteiger partial charge in [-0.3, -0.25) is 4.79 Å². The van der Waals surface area contributed by atoms with Crippen molar-refractivity contribution >= 4 is 15.9 Å². The Hall–Kier alpha value is -1.41. The molecule has 0 spiro atoms. The molecule has 1 amide bonds. The third kappa shape index (κ3) is 4.36. The highest BCUT2D eigenvalue weighted by atomic mass is 32.2. The predicted octanol–water partition coefficient (Wildman–Crippen LogP) is 1.85. The van der Waals surface area contributed by atoms with Crippen LogP contribution in [-0.4, -0.2) is 59.7 Å². The Balaban J connectivity index is 2.03. The van der Waals surface area contributed by atoms with Gasteiger partial charge in [0, 0.05) is 32.1 Å². The van der Waals surface area contributed by atoms with Crippen molar-refractivity contribution in [3.05, 3.63) is 12.5 Å². The van der Waals surface area contributed by atoms with Crippen LogP contribution >= 0.6 is 0 Å². The molecule has 0 unspecified atom stereocenters. The zero-order chi connectivity index (χ0) is 17.6. The van der Waals surface area contributed by atoms with Crippen LogP contribution in [0, 0.1) is 5.92 Å². The first-order chi connectivity index (χ1) is 11.5. The Morgan fingerprint density at radius 2 is 1.92 bits per heavy atom. The maximum atomic E-state index is 12.8. The molecule has 7 nitrogen and oxygen atoms in total. The molecular formula is C16H28N4O3S. The Kier molecular flexibility index (Phi) is 6.79. The number of amides is 1. The van der Waals surface area contributed by atoms with Crippen molar-refractivity contribution < 1.29 is 13.2 Å². The number of H-pyrrole nitrogens is 1. The van der Waals surface area contributed by atoms with Gasteiger partial charge in [0.15, 0.2) is 5.03 Å². The molecule has 0 aliphatic carbocycles. The molecule has 0 saturated carbocycles. The molecule has 0 radical (unpaired) electrons. The number of nitrogens with one attached hydrogen (secondary N) is 1. The van der Waals surface area contributed by atoms with Gasteiger partial charge in [0.2, 0.25) is 5.91 Å². The average Bonchev–Trinajstić information content (AvgIpc) is 2.99. The second-order valence-corrected chi connectivity index (χ2v) is 8.18. The molecule has 2 rings (SSSR count). The smallest absolute Gasteiger partial charge is 0.260 e. The van der Waals surface area contributed by atoms with Crippen LogP contribution in [0.25, 0.3) is 0 Å². The number of imidazole rings is 1. The number of nitrogens with zero attached hydrogens (tertiary/aromatic N) is 3. The topological polar surface area (TPSA) is 86.4 Å². The quantitative estimate of drug-likeness (QED) is 0.808. The first-order valence-electron chi connectivity index (χ1n) is 8.78. The van der Waals surface area contributed by atoms with Crippen molar-refractivity contribution in [2.75, 3.05) is 26.2 Å². The zero-order valence-electron chi connectivity index (χ0n) is 14.6. The van der Waals surface area contributed by atoms with Gasteiger partial charge in [-0.1, -0.05) is 26.7 Å². The lowest BCUT2D eigenvalue weighted by atomic mass is 9.96. The number of carbonyl (C=O) groups is 1. The summed E-state index contributed by atoms with van der Waals surface area (Å²) < 4.78 is 26.6. The predicted molar refractivity (Wildman–Crippen MR) is 91.8 cm³/mol. The molecule has 1 aromatic heterocycles. The number of carbonyl (C=O) groups excluding carboxylic acids is 1. The monoisotopic (exact) mass is 356 g/mol. The Labute approximate surface area is 144 Å². The van der Waals surface area contributed by atoms with Crippen LogP contribution in [0.15, 0.2) is 17.6 Å². The van der Waals surface area contributed by atoms with Gasteiger partial charge in [-0.05, 0) is 19.3 Å². The van der Waals surface area contributed by atoms with E-state index in [0.29, 0.717) is 32.6 Å². The Bertz CT molecular complexity index is 609. The molecule has 8 heteroatoms. The van der Waals surface area contributed by atoms with Crippen LogP contribution in [0.2, 0.25) is 0 Å². The summed E-state index contributed by atoms with van der Waals surface area (Å²) in [5, 5.41) is 0.108. The van der Waals surface area contributed by atoms with Crippen molar-refractivity contribution in [3.63, 3.8) is 0 Å². The highest BCUT2D eigenvalue weighted by molar-refractivity contribution is 7.89. The van der Waals surface area contributed by atoms with E-state index < -0.39 is 10.0 Å². The van der Waals surface area contributed by atoms with Crippen LogP contribution in [-0.2, 0) is 14.8 Å². The molecule has 1 aliphatic heterocycles. The van der Waals surface area contributed by atoms with Crippen LogP contribution in [0.4, 0.5) is 0 Å². The van der Waals surface area contributed by atoms with Crippen molar-refractivity contribution in [2.45, 2.75) is 51.0 Å². The minimum atomic E-state index is -3.55. The van der Waals surface area contributed by atoms with Gasteiger partial charge in [-0.15, -0.1) is 0 Å². The summed E-state index contributed by atoms with van der Waals surface area (Å²) in [6.45, 7) is 6.03. The fraction of sp³-hybridized carbons (Fsp3) is 0.750. The van der Waals surface area contributed by atoms with E-state index in [9.17, 15) is 13.2 Å². The number of hydrogen-bond acceptors (Lipinski definition) is 4. The third-order valence-corrected chi connectivity index (χ3v) is 6.31. The van der Waals surface area contributed by atoms with Gasteiger partial charge in [-0.25, -0.2) is 13.4 Å². The van der Waals surface area contributed by atoms with Gasteiger partial charge < -0.3 is 9.88 Å².